The summed E-state index contributed by atoms with van der Waals surface area (Å²) in [6.45, 7) is 1.51. The van der Waals surface area contributed by atoms with Gasteiger partial charge in [-0.1, -0.05) is 40.9 Å². The van der Waals surface area contributed by atoms with E-state index in [0.717, 1.165) is 12.5 Å². The SMILES string of the molecule is CC(=O)C(=O)Nc1nn(Cc2ccc(Cl)cc2Cl)cc1Cl. The highest BCUT2D eigenvalue weighted by Crippen LogP contribution is 2.24. The van der Waals surface area contributed by atoms with Crippen LogP contribution in [0.2, 0.25) is 15.1 Å². The van der Waals surface area contributed by atoms with Gasteiger partial charge in [-0.05, 0) is 17.7 Å². The van der Waals surface area contributed by atoms with Crippen molar-refractivity contribution in [2.45, 2.75) is 13.5 Å². The zero-order valence-electron chi connectivity index (χ0n) is 10.9. The minimum absolute atomic E-state index is 0.127. The van der Waals surface area contributed by atoms with E-state index < -0.39 is 11.7 Å². The first-order valence-corrected chi connectivity index (χ1v) is 6.99. The van der Waals surface area contributed by atoms with Gasteiger partial charge in [-0.3, -0.25) is 14.3 Å². The van der Waals surface area contributed by atoms with Gasteiger partial charge in [-0.25, -0.2) is 0 Å². The Morgan fingerprint density at radius 1 is 1.24 bits per heavy atom. The number of benzene rings is 1. The van der Waals surface area contributed by atoms with Crippen LogP contribution in [0.3, 0.4) is 0 Å². The number of Topliss-reactive ketones (excluding diaryl/α,β-unsaturated/α-hetero) is 1. The number of amides is 1. The third-order valence-electron chi connectivity index (χ3n) is 2.62. The zero-order valence-corrected chi connectivity index (χ0v) is 13.1. The molecule has 1 aromatic heterocycles. The minimum atomic E-state index is -0.772. The predicted octanol–water partition coefficient (Wildman–Crippen LogP) is 3.42. The molecule has 8 heteroatoms. The Kier molecular flexibility index (Phi) is 4.88. The summed E-state index contributed by atoms with van der Waals surface area (Å²) in [4.78, 5) is 22.2. The van der Waals surface area contributed by atoms with Gasteiger partial charge in [0.2, 0.25) is 5.78 Å². The van der Waals surface area contributed by atoms with Gasteiger partial charge in [0, 0.05) is 23.2 Å². The highest BCUT2D eigenvalue weighted by atomic mass is 35.5. The maximum Gasteiger partial charge on any atom is 0.292 e. The molecule has 21 heavy (non-hydrogen) atoms. The number of hydrogen-bond donors (Lipinski definition) is 1. The van der Waals surface area contributed by atoms with Gasteiger partial charge in [0.15, 0.2) is 5.82 Å². The summed E-state index contributed by atoms with van der Waals surface area (Å²) in [6, 6.07) is 5.11. The van der Waals surface area contributed by atoms with Crippen LogP contribution in [0.5, 0.6) is 0 Å². The number of nitrogens with one attached hydrogen (secondary N) is 1. The highest BCUT2D eigenvalue weighted by Gasteiger charge is 2.14. The molecule has 1 N–H and O–H groups in total. The summed E-state index contributed by atoms with van der Waals surface area (Å²) in [7, 11) is 0. The molecule has 1 heterocycles. The van der Waals surface area contributed by atoms with Crippen LogP contribution in [0.15, 0.2) is 24.4 Å². The van der Waals surface area contributed by atoms with Crippen LogP contribution in [0, 0.1) is 0 Å². The fraction of sp³-hybridized carbons (Fsp3) is 0.154. The van der Waals surface area contributed by atoms with Crippen molar-refractivity contribution in [3.8, 4) is 0 Å². The lowest BCUT2D eigenvalue weighted by Gasteiger charge is -2.05. The molecule has 0 aliphatic rings. The third kappa shape index (κ3) is 3.97. The van der Waals surface area contributed by atoms with Crippen LogP contribution in [-0.2, 0) is 16.1 Å². The molecule has 0 saturated carbocycles. The van der Waals surface area contributed by atoms with E-state index in [1.165, 1.54) is 10.9 Å². The normalized spacial score (nSPS) is 10.5. The van der Waals surface area contributed by atoms with Crippen molar-refractivity contribution >= 4 is 52.3 Å². The first kappa shape index (κ1) is 15.8. The Morgan fingerprint density at radius 2 is 1.95 bits per heavy atom. The Bertz CT molecular complexity index is 713. The molecule has 0 aliphatic carbocycles. The number of carbonyl (C=O) groups is 2. The molecular formula is C13H10Cl3N3O2. The molecule has 0 fully saturated rings. The van der Waals surface area contributed by atoms with Crippen molar-refractivity contribution in [1.29, 1.82) is 0 Å². The van der Waals surface area contributed by atoms with Gasteiger partial charge in [0.25, 0.3) is 5.91 Å². The van der Waals surface area contributed by atoms with E-state index in [-0.39, 0.29) is 10.8 Å². The smallest absolute Gasteiger partial charge is 0.292 e. The molecule has 2 rings (SSSR count). The topological polar surface area (TPSA) is 64.0 Å². The second-order valence-electron chi connectivity index (χ2n) is 4.27. The largest absolute Gasteiger partial charge is 0.301 e. The Morgan fingerprint density at radius 3 is 2.57 bits per heavy atom. The minimum Gasteiger partial charge on any atom is -0.301 e. The summed E-state index contributed by atoms with van der Waals surface area (Å²) in [6.07, 6.45) is 1.53. The molecule has 0 saturated heterocycles. The second kappa shape index (κ2) is 6.47. The molecule has 0 unspecified atom stereocenters. The maximum atomic E-state index is 11.3. The maximum absolute atomic E-state index is 11.3. The van der Waals surface area contributed by atoms with Gasteiger partial charge < -0.3 is 5.32 Å². The molecule has 2 aromatic rings. The van der Waals surface area contributed by atoms with E-state index in [1.54, 1.807) is 18.2 Å². The Balaban J connectivity index is 2.18. The van der Waals surface area contributed by atoms with Crippen molar-refractivity contribution < 1.29 is 9.59 Å². The number of aromatic nitrogens is 2. The summed E-state index contributed by atoms with van der Waals surface area (Å²) < 4.78 is 1.51. The van der Waals surface area contributed by atoms with Crippen LogP contribution in [0.1, 0.15) is 12.5 Å². The number of anilines is 1. The lowest BCUT2D eigenvalue weighted by atomic mass is 10.2. The first-order chi connectivity index (χ1) is 9.86. The van der Waals surface area contributed by atoms with Crippen LogP contribution < -0.4 is 5.32 Å². The van der Waals surface area contributed by atoms with E-state index >= 15 is 0 Å². The van der Waals surface area contributed by atoms with E-state index in [4.69, 9.17) is 34.8 Å². The molecule has 5 nitrogen and oxygen atoms in total. The molecule has 1 aromatic carbocycles. The standard InChI is InChI=1S/C13H10Cl3N3O2/c1-7(20)13(21)17-12-11(16)6-19(18-12)5-8-2-3-9(14)4-10(8)15/h2-4,6H,5H2,1H3,(H,17,18,21). The number of ketones is 1. The molecule has 0 atom stereocenters. The van der Waals surface area contributed by atoms with Gasteiger partial charge in [-0.2, -0.15) is 5.10 Å². The molecule has 0 bridgehead atoms. The van der Waals surface area contributed by atoms with E-state index in [9.17, 15) is 9.59 Å². The molecule has 1 amide bonds. The Labute approximate surface area is 135 Å². The second-order valence-corrected chi connectivity index (χ2v) is 5.52. The number of halogens is 3. The number of carbonyl (C=O) groups excluding carboxylic acids is 2. The van der Waals surface area contributed by atoms with Gasteiger partial charge in [-0.15, -0.1) is 0 Å². The molecule has 0 aliphatic heterocycles. The van der Waals surface area contributed by atoms with Crippen molar-refractivity contribution in [3.05, 3.63) is 45.0 Å². The third-order valence-corrected chi connectivity index (χ3v) is 3.48. The summed E-state index contributed by atoms with van der Waals surface area (Å²) >= 11 is 17.9. The van der Waals surface area contributed by atoms with E-state index in [2.05, 4.69) is 10.4 Å². The van der Waals surface area contributed by atoms with Gasteiger partial charge in [0.1, 0.15) is 5.02 Å². The molecule has 0 spiro atoms. The Hall–Kier alpha value is -1.56. The fourth-order valence-corrected chi connectivity index (χ4v) is 2.25. The lowest BCUT2D eigenvalue weighted by Crippen LogP contribution is -2.20. The van der Waals surface area contributed by atoms with Crippen LogP contribution >= 0.6 is 34.8 Å². The first-order valence-electron chi connectivity index (χ1n) is 5.85. The number of nitrogens with zero attached hydrogens (tertiary/aromatic N) is 2. The van der Waals surface area contributed by atoms with Crippen molar-refractivity contribution in [3.63, 3.8) is 0 Å². The summed E-state index contributed by atoms with van der Waals surface area (Å²) in [5.74, 6) is -1.27. The van der Waals surface area contributed by atoms with Crippen molar-refractivity contribution in [2.24, 2.45) is 0 Å². The average Bonchev–Trinajstić information content (AvgIpc) is 2.73. The van der Waals surface area contributed by atoms with Crippen LogP contribution in [0.25, 0.3) is 0 Å². The molecule has 0 radical (unpaired) electrons. The quantitative estimate of drug-likeness (QED) is 0.863. The predicted molar refractivity (Wildman–Crippen MR) is 82.1 cm³/mol. The van der Waals surface area contributed by atoms with Crippen molar-refractivity contribution in [1.82, 2.24) is 9.78 Å². The van der Waals surface area contributed by atoms with E-state index in [0.29, 0.717) is 16.6 Å². The van der Waals surface area contributed by atoms with Gasteiger partial charge in [0.05, 0.1) is 6.54 Å². The molecular weight excluding hydrogens is 337 g/mol. The number of hydrogen-bond acceptors (Lipinski definition) is 3. The zero-order chi connectivity index (χ0) is 15.6. The lowest BCUT2D eigenvalue weighted by molar-refractivity contribution is -0.133. The number of rotatable bonds is 4. The monoisotopic (exact) mass is 345 g/mol. The molecule has 110 valence electrons. The van der Waals surface area contributed by atoms with Crippen LogP contribution in [-0.4, -0.2) is 21.5 Å². The highest BCUT2D eigenvalue weighted by molar-refractivity contribution is 6.41. The average molecular weight is 347 g/mol. The summed E-state index contributed by atoms with van der Waals surface area (Å²) in [5.41, 5.74) is 0.796. The van der Waals surface area contributed by atoms with E-state index in [1.807, 2.05) is 0 Å². The van der Waals surface area contributed by atoms with Crippen LogP contribution in [0.4, 0.5) is 5.82 Å². The van der Waals surface area contributed by atoms with Crippen molar-refractivity contribution in [2.75, 3.05) is 5.32 Å². The summed E-state index contributed by atoms with van der Waals surface area (Å²) in [5, 5.41) is 7.71. The van der Waals surface area contributed by atoms with Gasteiger partial charge >= 0.3 is 0 Å². The fourth-order valence-electron chi connectivity index (χ4n) is 1.58.